The van der Waals surface area contributed by atoms with Crippen LogP contribution in [-0.2, 0) is 22.5 Å². The third-order valence-electron chi connectivity index (χ3n) is 5.92. The molecule has 1 N–H and O–H groups in total. The fraction of sp³-hybridized carbons (Fsp3) is 0.500. The highest BCUT2D eigenvalue weighted by Gasteiger charge is 2.36. The van der Waals surface area contributed by atoms with E-state index in [9.17, 15) is 14.4 Å². The molecule has 0 unspecified atom stereocenters. The van der Waals surface area contributed by atoms with E-state index < -0.39 is 17.7 Å². The molecule has 1 saturated heterocycles. The van der Waals surface area contributed by atoms with Gasteiger partial charge in [0.1, 0.15) is 17.5 Å². The minimum atomic E-state index is -0.744. The molecule has 3 amide bonds. The summed E-state index contributed by atoms with van der Waals surface area (Å²) in [7, 11) is 0. The minimum Gasteiger partial charge on any atom is -0.444 e. The van der Waals surface area contributed by atoms with Gasteiger partial charge in [-0.25, -0.2) is 24.1 Å². The maximum absolute atomic E-state index is 13.4. The first kappa shape index (κ1) is 23.7. The van der Waals surface area contributed by atoms with Crippen molar-refractivity contribution in [3.63, 3.8) is 0 Å². The number of aromatic nitrogens is 2. The lowest BCUT2D eigenvalue weighted by Crippen LogP contribution is -2.59. The topological polar surface area (TPSA) is 100 Å². The van der Waals surface area contributed by atoms with Gasteiger partial charge in [-0.2, -0.15) is 0 Å². The van der Waals surface area contributed by atoms with Crippen molar-refractivity contribution >= 4 is 18.0 Å². The molecule has 4 rings (SSSR count). The summed E-state index contributed by atoms with van der Waals surface area (Å²) in [6.07, 6.45) is 1.48. The number of nitrogens with zero attached hydrogens (tertiary/aromatic N) is 5. The molecular formula is C24H32N6O4. The van der Waals surface area contributed by atoms with Gasteiger partial charge in [-0.1, -0.05) is 30.3 Å². The van der Waals surface area contributed by atoms with Crippen LogP contribution in [-0.4, -0.2) is 80.3 Å². The number of hydrogen-bond donors (Lipinski definition) is 1. The molecule has 0 bridgehead atoms. The Morgan fingerprint density at radius 2 is 1.79 bits per heavy atom. The van der Waals surface area contributed by atoms with Gasteiger partial charge in [0.05, 0.1) is 18.4 Å². The first-order valence-electron chi connectivity index (χ1n) is 11.5. The average Bonchev–Trinajstić information content (AvgIpc) is 3.32. The number of carbonyl (C=O) groups excluding carboxylic acids is 3. The molecule has 10 nitrogen and oxygen atoms in total. The van der Waals surface area contributed by atoms with E-state index in [0.717, 1.165) is 11.3 Å². The Morgan fingerprint density at radius 3 is 2.41 bits per heavy atom. The van der Waals surface area contributed by atoms with Gasteiger partial charge in [-0.05, 0) is 33.3 Å². The van der Waals surface area contributed by atoms with Gasteiger partial charge in [0, 0.05) is 32.6 Å². The highest BCUT2D eigenvalue weighted by Crippen LogP contribution is 2.21. The van der Waals surface area contributed by atoms with Gasteiger partial charge in [-0.3, -0.25) is 9.80 Å². The second-order valence-corrected chi connectivity index (χ2v) is 9.64. The Bertz CT molecular complexity index is 1050. The van der Waals surface area contributed by atoms with Crippen molar-refractivity contribution < 1.29 is 19.1 Å². The smallest absolute Gasteiger partial charge is 0.408 e. The van der Waals surface area contributed by atoms with Crippen LogP contribution in [0.25, 0.3) is 0 Å². The first-order chi connectivity index (χ1) is 16.1. The predicted octanol–water partition coefficient (Wildman–Crippen LogP) is 2.17. The maximum atomic E-state index is 13.4. The lowest BCUT2D eigenvalue weighted by atomic mass is 10.0. The van der Waals surface area contributed by atoms with Crippen LogP contribution in [0.3, 0.4) is 0 Å². The van der Waals surface area contributed by atoms with Gasteiger partial charge in [0.2, 0.25) is 5.91 Å². The van der Waals surface area contributed by atoms with Gasteiger partial charge in [-0.15, -0.1) is 0 Å². The zero-order valence-electron chi connectivity index (χ0n) is 20.2. The molecule has 0 spiro atoms. The normalized spacial score (nSPS) is 17.5. The molecule has 10 heteroatoms. The maximum Gasteiger partial charge on any atom is 0.408 e. The van der Waals surface area contributed by atoms with E-state index in [1.165, 1.54) is 0 Å². The fourth-order valence-electron chi connectivity index (χ4n) is 4.30. The molecule has 1 fully saturated rings. The third-order valence-corrected chi connectivity index (χ3v) is 5.92. The molecule has 182 valence electrons. The number of carbonyl (C=O) groups is 3. The quantitative estimate of drug-likeness (QED) is 0.722. The molecule has 2 aliphatic rings. The monoisotopic (exact) mass is 468 g/mol. The standard InChI is InChI=1S/C24H32N6O4/c1-17-25-15-19-16-29(23(33)30(17)19)28-12-10-27(11-13-28)21(31)20(14-18-8-6-5-7-9-18)26-22(32)34-24(2,3)4/h5-9,15,20H,10-14,16H2,1-4H3,(H,26,32)/t20-/m1/s1. The van der Waals surface area contributed by atoms with Gasteiger partial charge >= 0.3 is 12.1 Å². The van der Waals surface area contributed by atoms with Crippen LogP contribution in [0.2, 0.25) is 0 Å². The number of ether oxygens (including phenoxy) is 1. The van der Waals surface area contributed by atoms with Crippen LogP contribution in [0.4, 0.5) is 9.59 Å². The molecular weight excluding hydrogens is 436 g/mol. The van der Waals surface area contributed by atoms with E-state index in [-0.39, 0.29) is 11.9 Å². The predicted molar refractivity (Wildman–Crippen MR) is 125 cm³/mol. The second-order valence-electron chi connectivity index (χ2n) is 9.64. The van der Waals surface area contributed by atoms with Crippen LogP contribution in [0.1, 0.15) is 37.9 Å². The zero-order chi connectivity index (χ0) is 24.5. The highest BCUT2D eigenvalue weighted by molar-refractivity contribution is 5.86. The summed E-state index contributed by atoms with van der Waals surface area (Å²) in [5.41, 5.74) is 1.15. The van der Waals surface area contributed by atoms with E-state index in [1.807, 2.05) is 42.3 Å². The molecule has 1 aromatic carbocycles. The molecule has 2 aliphatic heterocycles. The summed E-state index contributed by atoms with van der Waals surface area (Å²) in [6.45, 7) is 9.61. The number of rotatable bonds is 5. The molecule has 3 heterocycles. The van der Waals surface area contributed by atoms with E-state index >= 15 is 0 Å². The number of nitrogens with one attached hydrogen (secondary N) is 1. The number of imidazole rings is 1. The highest BCUT2D eigenvalue weighted by atomic mass is 16.6. The van der Waals surface area contributed by atoms with Crippen molar-refractivity contribution in [3.8, 4) is 0 Å². The first-order valence-corrected chi connectivity index (χ1v) is 11.5. The molecule has 0 aliphatic carbocycles. The molecule has 1 atom stereocenters. The minimum absolute atomic E-state index is 0.113. The van der Waals surface area contributed by atoms with Crippen molar-refractivity contribution in [1.82, 2.24) is 29.8 Å². The molecule has 0 radical (unpaired) electrons. The fourth-order valence-corrected chi connectivity index (χ4v) is 4.30. The summed E-state index contributed by atoms with van der Waals surface area (Å²) >= 11 is 0. The van der Waals surface area contributed by atoms with Crippen LogP contribution in [0.15, 0.2) is 36.5 Å². The summed E-state index contributed by atoms with van der Waals surface area (Å²) in [5, 5.41) is 6.46. The van der Waals surface area contributed by atoms with Crippen molar-refractivity contribution in [1.29, 1.82) is 0 Å². The van der Waals surface area contributed by atoms with Crippen molar-refractivity contribution in [2.24, 2.45) is 0 Å². The van der Waals surface area contributed by atoms with Crippen LogP contribution < -0.4 is 5.32 Å². The van der Waals surface area contributed by atoms with Gasteiger partial charge < -0.3 is 15.0 Å². The van der Waals surface area contributed by atoms with E-state index in [2.05, 4.69) is 10.3 Å². The zero-order valence-corrected chi connectivity index (χ0v) is 20.2. The SMILES string of the molecule is Cc1ncc2n1C(=O)N(N1CCN(C(=O)[C@@H](Cc3ccccc3)NC(=O)OC(C)(C)C)CC1)C2. The molecule has 1 aromatic heterocycles. The summed E-state index contributed by atoms with van der Waals surface area (Å²) in [6, 6.07) is 8.73. The largest absolute Gasteiger partial charge is 0.444 e. The van der Waals surface area contributed by atoms with Crippen LogP contribution in [0, 0.1) is 6.92 Å². The Balaban J connectivity index is 1.40. The van der Waals surface area contributed by atoms with Crippen molar-refractivity contribution in [2.45, 2.75) is 52.3 Å². The molecule has 0 saturated carbocycles. The second kappa shape index (κ2) is 9.46. The number of fused-ring (bicyclic) bond motifs is 1. The van der Waals surface area contributed by atoms with Gasteiger partial charge in [0.25, 0.3) is 0 Å². The Labute approximate surface area is 199 Å². The van der Waals surface area contributed by atoms with E-state index in [4.69, 9.17) is 4.74 Å². The Morgan fingerprint density at radius 1 is 1.12 bits per heavy atom. The van der Waals surface area contributed by atoms with Crippen molar-refractivity contribution in [3.05, 3.63) is 53.6 Å². The number of piperazine rings is 1. The number of hydrazine groups is 1. The molecule has 34 heavy (non-hydrogen) atoms. The lowest BCUT2D eigenvalue weighted by Gasteiger charge is -2.40. The molecule has 2 aromatic rings. The van der Waals surface area contributed by atoms with Gasteiger partial charge in [0.15, 0.2) is 0 Å². The summed E-state index contributed by atoms with van der Waals surface area (Å²) < 4.78 is 7.02. The number of aryl methyl sites for hydroxylation is 1. The Hall–Kier alpha value is -3.40. The van der Waals surface area contributed by atoms with Crippen LogP contribution >= 0.6 is 0 Å². The van der Waals surface area contributed by atoms with Crippen molar-refractivity contribution in [2.75, 3.05) is 26.2 Å². The number of alkyl carbamates (subject to hydrolysis) is 1. The van der Waals surface area contributed by atoms with E-state index in [0.29, 0.717) is 45.0 Å². The number of amides is 3. The van der Waals surface area contributed by atoms with Crippen LogP contribution in [0.5, 0.6) is 0 Å². The average molecular weight is 469 g/mol. The lowest BCUT2D eigenvalue weighted by molar-refractivity contribution is -0.137. The van der Waals surface area contributed by atoms with E-state index in [1.54, 1.807) is 41.4 Å². The number of benzene rings is 1. The number of hydrogen-bond acceptors (Lipinski definition) is 6. The summed E-state index contributed by atoms with van der Waals surface area (Å²) in [5.74, 6) is 0.515. The third kappa shape index (κ3) is 5.22. The Kier molecular flexibility index (Phi) is 6.60. The summed E-state index contributed by atoms with van der Waals surface area (Å²) in [4.78, 5) is 44.6.